The van der Waals surface area contributed by atoms with Crippen molar-refractivity contribution < 1.29 is 8.78 Å². The first kappa shape index (κ1) is 23.0. The number of hydrogen-bond donors (Lipinski definition) is 0. The molecule has 1 aliphatic rings. The van der Waals surface area contributed by atoms with Gasteiger partial charge in [0.2, 0.25) is 0 Å². The minimum atomic E-state index is -0.607. The number of para-hydroxylation sites is 2. The molecule has 0 atom stereocenters. The molecule has 0 saturated heterocycles. The molecule has 0 spiro atoms. The van der Waals surface area contributed by atoms with Crippen molar-refractivity contribution >= 4 is 60.8 Å². The zero-order chi connectivity index (χ0) is 26.8. The maximum Gasteiger partial charge on any atom is 0.150 e. The van der Waals surface area contributed by atoms with E-state index in [-0.39, 0.29) is 0 Å². The normalized spacial score (nSPS) is 13.0. The summed E-state index contributed by atoms with van der Waals surface area (Å²) >= 11 is 0. The summed E-state index contributed by atoms with van der Waals surface area (Å²) in [6.07, 6.45) is 1.03. The summed E-state index contributed by atoms with van der Waals surface area (Å²) in [6.45, 7) is 0.945. The van der Waals surface area contributed by atoms with Crippen molar-refractivity contribution in [2.75, 3.05) is 16.3 Å². The summed E-state index contributed by atoms with van der Waals surface area (Å²) in [5, 5.41) is 6.85. The number of anilines is 5. The van der Waals surface area contributed by atoms with Gasteiger partial charge in [0.15, 0.2) is 0 Å². The number of rotatable bonds is 4. The molecule has 0 aromatic heterocycles. The molecule has 0 fully saturated rings. The standard InChI is InChI=1S/C36H24F2N2/c37-26-14-19-34(30(38)22-26)40(27-7-2-1-3-8-27)33-18-13-25-10-15-28-32(39-21-20-23-6-4-5-9-31(23)39)17-12-24-11-16-29(33)36(25)35(24)28/h1-19,22H,20-21H2. The quantitative estimate of drug-likeness (QED) is 0.212. The molecule has 192 valence electrons. The molecule has 1 heterocycles. The Bertz CT molecular complexity index is 2050. The number of benzene rings is 7. The lowest BCUT2D eigenvalue weighted by Crippen LogP contribution is -2.14. The lowest BCUT2D eigenvalue weighted by atomic mass is 9.92. The highest BCUT2D eigenvalue weighted by molar-refractivity contribution is 6.28. The van der Waals surface area contributed by atoms with Crippen molar-refractivity contribution in [1.29, 1.82) is 0 Å². The van der Waals surface area contributed by atoms with E-state index in [1.165, 1.54) is 45.2 Å². The third-order valence-corrected chi connectivity index (χ3v) is 8.20. The average Bonchev–Trinajstić information content (AvgIpc) is 3.42. The van der Waals surface area contributed by atoms with Crippen LogP contribution < -0.4 is 9.80 Å². The van der Waals surface area contributed by atoms with Crippen molar-refractivity contribution in [2.24, 2.45) is 0 Å². The highest BCUT2D eigenvalue weighted by Gasteiger charge is 2.24. The fourth-order valence-electron chi connectivity index (χ4n) is 6.44. The molecule has 0 N–H and O–H groups in total. The maximum atomic E-state index is 15.3. The highest BCUT2D eigenvalue weighted by Crippen LogP contribution is 2.47. The van der Waals surface area contributed by atoms with Crippen molar-refractivity contribution in [1.82, 2.24) is 0 Å². The molecule has 8 rings (SSSR count). The van der Waals surface area contributed by atoms with Crippen LogP contribution in [-0.2, 0) is 6.42 Å². The molecule has 2 nitrogen and oxygen atoms in total. The zero-order valence-electron chi connectivity index (χ0n) is 21.6. The number of fused-ring (bicyclic) bond motifs is 1. The molecule has 0 aliphatic carbocycles. The molecule has 0 radical (unpaired) electrons. The van der Waals surface area contributed by atoms with Gasteiger partial charge in [0, 0.05) is 40.4 Å². The van der Waals surface area contributed by atoms with E-state index in [4.69, 9.17) is 0 Å². The van der Waals surface area contributed by atoms with E-state index < -0.39 is 11.6 Å². The summed E-state index contributed by atoms with van der Waals surface area (Å²) in [6, 6.07) is 39.4. The van der Waals surface area contributed by atoms with Crippen LogP contribution in [0.4, 0.5) is 37.2 Å². The Kier molecular flexibility index (Phi) is 5.05. The highest BCUT2D eigenvalue weighted by atomic mass is 19.1. The number of hydrogen-bond acceptors (Lipinski definition) is 2. The van der Waals surface area contributed by atoms with Gasteiger partial charge in [-0.05, 0) is 76.0 Å². The van der Waals surface area contributed by atoms with Gasteiger partial charge in [0.05, 0.1) is 11.4 Å². The van der Waals surface area contributed by atoms with E-state index in [1.807, 2.05) is 41.3 Å². The molecule has 0 bridgehead atoms. The van der Waals surface area contributed by atoms with Gasteiger partial charge in [-0.3, -0.25) is 0 Å². The van der Waals surface area contributed by atoms with E-state index in [1.54, 1.807) is 0 Å². The van der Waals surface area contributed by atoms with Crippen LogP contribution in [0.15, 0.2) is 121 Å². The van der Waals surface area contributed by atoms with Crippen molar-refractivity contribution in [2.45, 2.75) is 6.42 Å². The smallest absolute Gasteiger partial charge is 0.150 e. The molecule has 1 aliphatic heterocycles. The molecule has 40 heavy (non-hydrogen) atoms. The predicted octanol–water partition coefficient (Wildman–Crippen LogP) is 10.0. The minimum Gasteiger partial charge on any atom is -0.340 e. The summed E-state index contributed by atoms with van der Waals surface area (Å²) < 4.78 is 29.3. The molecular formula is C36H24F2N2. The first-order chi connectivity index (χ1) is 19.7. The van der Waals surface area contributed by atoms with Gasteiger partial charge in [-0.2, -0.15) is 0 Å². The molecule has 0 saturated carbocycles. The van der Waals surface area contributed by atoms with Crippen LogP contribution in [-0.4, -0.2) is 6.54 Å². The number of nitrogens with zero attached hydrogens (tertiary/aromatic N) is 2. The van der Waals surface area contributed by atoms with Crippen LogP contribution in [0.25, 0.3) is 32.3 Å². The van der Waals surface area contributed by atoms with Crippen LogP contribution in [0.3, 0.4) is 0 Å². The molecule has 7 aromatic rings. The van der Waals surface area contributed by atoms with Crippen LogP contribution >= 0.6 is 0 Å². The molecule has 4 heteroatoms. The number of halogens is 2. The van der Waals surface area contributed by atoms with Crippen molar-refractivity contribution in [3.8, 4) is 0 Å². The summed E-state index contributed by atoms with van der Waals surface area (Å²) in [5.41, 5.74) is 5.78. The van der Waals surface area contributed by atoms with Crippen LogP contribution in [0.5, 0.6) is 0 Å². The largest absolute Gasteiger partial charge is 0.340 e. The minimum absolute atomic E-state index is 0.303. The molecule has 0 amide bonds. The predicted molar refractivity (Wildman–Crippen MR) is 162 cm³/mol. The Labute approximate surface area is 230 Å². The van der Waals surface area contributed by atoms with Crippen molar-refractivity contribution in [3.05, 3.63) is 139 Å². The van der Waals surface area contributed by atoms with E-state index in [0.29, 0.717) is 5.69 Å². The van der Waals surface area contributed by atoms with Gasteiger partial charge in [-0.1, -0.05) is 72.8 Å². The third kappa shape index (κ3) is 3.39. The average molecular weight is 523 g/mol. The lowest BCUT2D eigenvalue weighted by molar-refractivity contribution is 0.584. The van der Waals surface area contributed by atoms with E-state index >= 15 is 4.39 Å². The van der Waals surface area contributed by atoms with Crippen LogP contribution in [0.2, 0.25) is 0 Å². The first-order valence-corrected chi connectivity index (χ1v) is 13.5. The fourth-order valence-corrected chi connectivity index (χ4v) is 6.44. The maximum absolute atomic E-state index is 15.3. The second-order valence-corrected chi connectivity index (χ2v) is 10.4. The van der Waals surface area contributed by atoms with Gasteiger partial charge in [-0.15, -0.1) is 0 Å². The van der Waals surface area contributed by atoms with Crippen LogP contribution in [0.1, 0.15) is 5.56 Å². The van der Waals surface area contributed by atoms with Gasteiger partial charge in [0.1, 0.15) is 11.6 Å². The summed E-state index contributed by atoms with van der Waals surface area (Å²) in [5.74, 6) is -1.20. The molecular weight excluding hydrogens is 498 g/mol. The Morgan fingerprint density at radius 2 is 1.25 bits per heavy atom. The second-order valence-electron chi connectivity index (χ2n) is 10.4. The van der Waals surface area contributed by atoms with Crippen LogP contribution in [0, 0.1) is 11.6 Å². The fraction of sp³-hybridized carbons (Fsp3) is 0.0556. The Morgan fingerprint density at radius 1 is 0.575 bits per heavy atom. The Balaban J connectivity index is 1.41. The Morgan fingerprint density at radius 3 is 2.08 bits per heavy atom. The van der Waals surface area contributed by atoms with E-state index in [0.717, 1.165) is 46.6 Å². The first-order valence-electron chi connectivity index (χ1n) is 13.5. The topological polar surface area (TPSA) is 6.48 Å². The Hall–Kier alpha value is -4.96. The third-order valence-electron chi connectivity index (χ3n) is 8.20. The molecule has 0 unspecified atom stereocenters. The van der Waals surface area contributed by atoms with Gasteiger partial charge in [-0.25, -0.2) is 8.78 Å². The van der Waals surface area contributed by atoms with Gasteiger partial charge < -0.3 is 9.80 Å². The van der Waals surface area contributed by atoms with Crippen molar-refractivity contribution in [3.63, 3.8) is 0 Å². The monoisotopic (exact) mass is 522 g/mol. The van der Waals surface area contributed by atoms with E-state index in [9.17, 15) is 4.39 Å². The molecule has 7 aromatic carbocycles. The SMILES string of the molecule is Fc1ccc(N(c2ccccc2)c2ccc3ccc4c(N5CCc6ccccc65)ccc5ccc2c3c54)c(F)c1. The lowest BCUT2D eigenvalue weighted by Gasteiger charge is -2.28. The zero-order valence-corrected chi connectivity index (χ0v) is 21.6. The second kappa shape index (κ2) is 8.78. The van der Waals surface area contributed by atoms with E-state index in [2.05, 4.69) is 71.6 Å². The summed E-state index contributed by atoms with van der Waals surface area (Å²) in [7, 11) is 0. The summed E-state index contributed by atoms with van der Waals surface area (Å²) in [4.78, 5) is 4.31. The van der Waals surface area contributed by atoms with Gasteiger partial charge in [0.25, 0.3) is 0 Å². The van der Waals surface area contributed by atoms with Gasteiger partial charge >= 0.3 is 0 Å².